The van der Waals surface area contributed by atoms with Crippen molar-refractivity contribution >= 4 is 11.9 Å². The van der Waals surface area contributed by atoms with Gasteiger partial charge in [-0.05, 0) is 36.0 Å². The normalized spacial score (nSPS) is 17.7. The molecule has 7 nitrogen and oxygen atoms in total. The molecule has 1 atom stereocenters. The molecular weight excluding hydrogens is 340 g/mol. The predicted octanol–water partition coefficient (Wildman–Crippen LogP) is 1.59. The van der Waals surface area contributed by atoms with Crippen molar-refractivity contribution in [3.8, 4) is 0 Å². The van der Waals surface area contributed by atoms with E-state index >= 15 is 0 Å². The summed E-state index contributed by atoms with van der Waals surface area (Å²) in [5.74, 6) is 0.956. The van der Waals surface area contributed by atoms with Gasteiger partial charge in [-0.1, -0.05) is 24.3 Å². The Bertz CT molecular complexity index is 771. The van der Waals surface area contributed by atoms with Crippen LogP contribution in [0.4, 0.5) is 0 Å². The molecule has 7 heteroatoms. The molecule has 1 amide bonds. The van der Waals surface area contributed by atoms with E-state index in [0.717, 1.165) is 38.4 Å². The number of guanidine groups is 1. The van der Waals surface area contributed by atoms with Crippen LogP contribution in [-0.2, 0) is 17.9 Å². The van der Waals surface area contributed by atoms with Crippen LogP contribution in [0.5, 0.6) is 0 Å². The first-order valence-electron chi connectivity index (χ1n) is 9.44. The molecular formula is C20H28N6O. The molecule has 27 heavy (non-hydrogen) atoms. The number of nitrogens with two attached hydrogens (primary N) is 1. The van der Waals surface area contributed by atoms with Crippen LogP contribution in [0.15, 0.2) is 47.7 Å². The minimum absolute atomic E-state index is 0.225. The quantitative estimate of drug-likeness (QED) is 0.599. The van der Waals surface area contributed by atoms with Gasteiger partial charge in [-0.3, -0.25) is 14.5 Å². The van der Waals surface area contributed by atoms with Crippen molar-refractivity contribution in [3.05, 3.63) is 53.9 Å². The van der Waals surface area contributed by atoms with Crippen molar-refractivity contribution < 1.29 is 4.79 Å². The number of benzene rings is 1. The van der Waals surface area contributed by atoms with E-state index in [1.165, 1.54) is 11.1 Å². The van der Waals surface area contributed by atoms with Crippen LogP contribution in [-0.4, -0.2) is 46.7 Å². The molecule has 1 saturated heterocycles. The molecule has 3 rings (SSSR count). The molecule has 1 fully saturated rings. The van der Waals surface area contributed by atoms with E-state index in [4.69, 9.17) is 5.73 Å². The highest BCUT2D eigenvalue weighted by molar-refractivity contribution is 5.80. The maximum Gasteiger partial charge on any atom is 0.217 e. The van der Waals surface area contributed by atoms with E-state index in [1.54, 1.807) is 13.2 Å². The molecule has 1 aliphatic rings. The lowest BCUT2D eigenvalue weighted by atomic mass is 9.95. The molecule has 3 N–H and O–H groups in total. The molecule has 0 bridgehead atoms. The lowest BCUT2D eigenvalue weighted by molar-refractivity contribution is -0.119. The summed E-state index contributed by atoms with van der Waals surface area (Å²) < 4.78 is 1.92. The number of hydrogen-bond acceptors (Lipinski definition) is 3. The number of rotatable bonds is 6. The number of amides is 1. The van der Waals surface area contributed by atoms with Gasteiger partial charge in [0.25, 0.3) is 0 Å². The summed E-state index contributed by atoms with van der Waals surface area (Å²) in [5, 5.41) is 7.78. The Labute approximate surface area is 160 Å². The van der Waals surface area contributed by atoms with E-state index in [2.05, 4.69) is 44.6 Å². The van der Waals surface area contributed by atoms with Crippen LogP contribution in [0.25, 0.3) is 0 Å². The monoisotopic (exact) mass is 368 g/mol. The van der Waals surface area contributed by atoms with Crippen molar-refractivity contribution in [2.24, 2.45) is 16.6 Å². The van der Waals surface area contributed by atoms with Gasteiger partial charge in [-0.25, -0.2) is 0 Å². The van der Waals surface area contributed by atoms with Gasteiger partial charge in [0.2, 0.25) is 5.91 Å². The highest BCUT2D eigenvalue weighted by Crippen LogP contribution is 2.19. The molecule has 0 spiro atoms. The summed E-state index contributed by atoms with van der Waals surface area (Å²) in [6.45, 7) is 3.20. The molecule has 2 aromatic rings. The Morgan fingerprint density at radius 1 is 1.33 bits per heavy atom. The Balaban J connectivity index is 1.62. The molecule has 1 aliphatic heterocycles. The summed E-state index contributed by atoms with van der Waals surface area (Å²) in [6.07, 6.45) is 6.30. The highest BCUT2D eigenvalue weighted by Gasteiger charge is 2.23. The first-order valence-corrected chi connectivity index (χ1v) is 9.44. The number of aliphatic imine (C=N–C) groups is 1. The first-order chi connectivity index (χ1) is 13.2. The average molecular weight is 368 g/mol. The summed E-state index contributed by atoms with van der Waals surface area (Å²) in [6, 6.07) is 10.3. The van der Waals surface area contributed by atoms with Gasteiger partial charge in [-0.2, -0.15) is 5.10 Å². The largest absolute Gasteiger partial charge is 0.370 e. The fourth-order valence-corrected chi connectivity index (χ4v) is 3.67. The Hall–Kier alpha value is -2.83. The number of piperidine rings is 1. The number of nitrogens with zero attached hydrogens (tertiary/aromatic N) is 4. The summed E-state index contributed by atoms with van der Waals surface area (Å²) >= 11 is 0. The molecule has 1 unspecified atom stereocenters. The van der Waals surface area contributed by atoms with Crippen LogP contribution in [0.2, 0.25) is 0 Å². The van der Waals surface area contributed by atoms with Crippen molar-refractivity contribution in [2.45, 2.75) is 32.4 Å². The van der Waals surface area contributed by atoms with Crippen molar-refractivity contribution in [1.29, 1.82) is 0 Å². The van der Waals surface area contributed by atoms with Crippen LogP contribution < -0.4 is 11.1 Å². The average Bonchev–Trinajstić information content (AvgIpc) is 3.16. The molecule has 2 heterocycles. The number of carbonyl (C=O) groups excluding carboxylic acids is 1. The molecule has 0 aliphatic carbocycles. The number of primary amides is 1. The van der Waals surface area contributed by atoms with Crippen LogP contribution in [0, 0.1) is 5.92 Å². The standard InChI is InChI=1S/C20H28N6O/c1-22-20(25-10-4-6-16(14-25)12-19(21)27)23-13-17-7-2-3-8-18(17)15-26-11-5-9-24-26/h2-3,5,7-9,11,16H,4,6,10,12-15H2,1H3,(H2,21,27)(H,22,23). The first kappa shape index (κ1) is 18.9. The van der Waals surface area contributed by atoms with Gasteiger partial charge < -0.3 is 16.0 Å². The van der Waals surface area contributed by atoms with Crippen LogP contribution in [0.3, 0.4) is 0 Å². The number of likely N-dealkylation sites (tertiary alicyclic amines) is 1. The van der Waals surface area contributed by atoms with Crippen LogP contribution in [0.1, 0.15) is 30.4 Å². The third kappa shape index (κ3) is 5.32. The number of hydrogen-bond donors (Lipinski definition) is 2. The molecule has 144 valence electrons. The van der Waals surface area contributed by atoms with E-state index in [0.29, 0.717) is 18.9 Å². The SMILES string of the molecule is CN=C(NCc1ccccc1Cn1cccn1)N1CCCC(CC(N)=O)C1. The lowest BCUT2D eigenvalue weighted by Gasteiger charge is -2.34. The van der Waals surface area contributed by atoms with E-state index in [1.807, 2.05) is 16.9 Å². The molecule has 1 aromatic carbocycles. The van der Waals surface area contributed by atoms with Gasteiger partial charge in [0, 0.05) is 45.5 Å². The minimum atomic E-state index is -0.225. The third-order valence-corrected chi connectivity index (χ3v) is 4.97. The van der Waals surface area contributed by atoms with Gasteiger partial charge in [0.1, 0.15) is 0 Å². The van der Waals surface area contributed by atoms with Crippen LogP contribution >= 0.6 is 0 Å². The van der Waals surface area contributed by atoms with Gasteiger partial charge in [0.05, 0.1) is 6.54 Å². The second-order valence-electron chi connectivity index (χ2n) is 7.00. The summed E-state index contributed by atoms with van der Waals surface area (Å²) in [7, 11) is 1.80. The third-order valence-electron chi connectivity index (χ3n) is 4.97. The van der Waals surface area contributed by atoms with Crippen molar-refractivity contribution in [3.63, 3.8) is 0 Å². The van der Waals surface area contributed by atoms with Gasteiger partial charge in [0.15, 0.2) is 5.96 Å². The summed E-state index contributed by atoms with van der Waals surface area (Å²) in [4.78, 5) is 17.9. The molecule has 0 saturated carbocycles. The summed E-state index contributed by atoms with van der Waals surface area (Å²) in [5.41, 5.74) is 7.83. The van der Waals surface area contributed by atoms with Crippen molar-refractivity contribution in [1.82, 2.24) is 20.0 Å². The zero-order valence-electron chi connectivity index (χ0n) is 15.8. The van der Waals surface area contributed by atoms with Crippen molar-refractivity contribution in [2.75, 3.05) is 20.1 Å². The molecule has 0 radical (unpaired) electrons. The molecule has 1 aromatic heterocycles. The number of aromatic nitrogens is 2. The van der Waals surface area contributed by atoms with E-state index in [9.17, 15) is 4.79 Å². The lowest BCUT2D eigenvalue weighted by Crippen LogP contribution is -2.47. The highest BCUT2D eigenvalue weighted by atomic mass is 16.1. The smallest absolute Gasteiger partial charge is 0.217 e. The maximum atomic E-state index is 11.2. The fourth-order valence-electron chi connectivity index (χ4n) is 3.67. The minimum Gasteiger partial charge on any atom is -0.370 e. The van der Waals surface area contributed by atoms with Gasteiger partial charge in [-0.15, -0.1) is 0 Å². The second-order valence-corrected chi connectivity index (χ2v) is 7.00. The predicted molar refractivity (Wildman–Crippen MR) is 106 cm³/mol. The maximum absolute atomic E-state index is 11.2. The fraction of sp³-hybridized carbons (Fsp3) is 0.450. The Morgan fingerprint density at radius 2 is 2.15 bits per heavy atom. The topological polar surface area (TPSA) is 88.5 Å². The van der Waals surface area contributed by atoms with Gasteiger partial charge >= 0.3 is 0 Å². The second kappa shape index (κ2) is 9.21. The zero-order valence-corrected chi connectivity index (χ0v) is 15.8. The number of carbonyl (C=O) groups is 1. The Kier molecular flexibility index (Phi) is 6.46. The number of nitrogens with one attached hydrogen (secondary N) is 1. The Morgan fingerprint density at radius 3 is 2.85 bits per heavy atom. The van der Waals surface area contributed by atoms with E-state index in [-0.39, 0.29) is 5.91 Å². The van der Waals surface area contributed by atoms with E-state index < -0.39 is 0 Å². The zero-order chi connectivity index (χ0) is 19.1.